The van der Waals surface area contributed by atoms with Crippen LogP contribution in [0.4, 0.5) is 4.79 Å². The minimum absolute atomic E-state index is 0.0829. The lowest BCUT2D eigenvalue weighted by Gasteiger charge is -2.24. The van der Waals surface area contributed by atoms with Gasteiger partial charge in [0.15, 0.2) is 0 Å². The number of benzene rings is 2. The maximum atomic E-state index is 12.7. The Balaban J connectivity index is 1.48. The summed E-state index contributed by atoms with van der Waals surface area (Å²) in [4.78, 5) is 25.7. The van der Waals surface area contributed by atoms with Crippen molar-refractivity contribution in [3.8, 4) is 11.1 Å². The highest BCUT2D eigenvalue weighted by molar-refractivity contribution is 7.90. The van der Waals surface area contributed by atoms with Gasteiger partial charge in [-0.15, -0.1) is 0 Å². The fraction of sp³-hybridized carbons (Fsp3) is 0.364. The topological polar surface area (TPSA) is 101 Å². The van der Waals surface area contributed by atoms with E-state index in [2.05, 4.69) is 0 Å². The van der Waals surface area contributed by atoms with E-state index in [0.717, 1.165) is 28.5 Å². The number of carboxylic acids is 1. The molecule has 7 nitrogen and oxygen atoms in total. The van der Waals surface area contributed by atoms with Crippen LogP contribution in [0, 0.1) is 5.41 Å². The zero-order chi connectivity index (χ0) is 21.5. The monoisotopic (exact) mass is 429 g/mol. The lowest BCUT2D eigenvalue weighted by Crippen LogP contribution is -2.42. The van der Waals surface area contributed by atoms with Crippen molar-refractivity contribution in [3.63, 3.8) is 0 Å². The van der Waals surface area contributed by atoms with Crippen molar-refractivity contribution in [1.82, 2.24) is 4.90 Å². The number of rotatable bonds is 5. The molecule has 1 fully saturated rings. The molecule has 2 aromatic carbocycles. The number of carbonyl (C=O) groups excluding carboxylic acids is 1. The van der Waals surface area contributed by atoms with Gasteiger partial charge in [-0.05, 0) is 28.7 Å². The molecular weight excluding hydrogens is 406 g/mol. The Labute approximate surface area is 175 Å². The molecule has 8 heteroatoms. The lowest BCUT2D eigenvalue weighted by molar-refractivity contribution is -0.146. The number of aliphatic carboxylic acids is 1. The molecule has 2 aromatic rings. The molecule has 1 heterocycles. The fourth-order valence-electron chi connectivity index (χ4n) is 4.57. The number of sulfone groups is 1. The molecule has 1 N–H and O–H groups in total. The van der Waals surface area contributed by atoms with E-state index < -0.39 is 33.1 Å². The Hall–Kier alpha value is -2.87. The van der Waals surface area contributed by atoms with Crippen LogP contribution in [0.15, 0.2) is 48.5 Å². The molecule has 1 amide bonds. The second-order valence-electron chi connectivity index (χ2n) is 8.13. The highest BCUT2D eigenvalue weighted by atomic mass is 32.2. The number of amides is 1. The van der Waals surface area contributed by atoms with Crippen molar-refractivity contribution in [2.45, 2.75) is 12.3 Å². The van der Waals surface area contributed by atoms with Gasteiger partial charge in [0, 0.05) is 25.3 Å². The Morgan fingerprint density at radius 1 is 1.10 bits per heavy atom. The first-order chi connectivity index (χ1) is 14.2. The Kier molecular flexibility index (Phi) is 5.05. The molecule has 1 aliphatic heterocycles. The maximum absolute atomic E-state index is 12.7. The van der Waals surface area contributed by atoms with Crippen molar-refractivity contribution in [3.05, 3.63) is 59.7 Å². The summed E-state index contributed by atoms with van der Waals surface area (Å²) in [5.41, 5.74) is 2.93. The second kappa shape index (κ2) is 7.43. The number of carboxylic acid groups (broad SMARTS) is 1. The molecule has 0 spiro atoms. The number of nitrogens with zero attached hydrogens (tertiary/aromatic N) is 1. The van der Waals surface area contributed by atoms with E-state index >= 15 is 0 Å². The van der Waals surface area contributed by atoms with Gasteiger partial charge >= 0.3 is 12.1 Å². The van der Waals surface area contributed by atoms with Gasteiger partial charge in [-0.3, -0.25) is 4.79 Å². The smallest absolute Gasteiger partial charge is 0.409 e. The summed E-state index contributed by atoms with van der Waals surface area (Å²) in [6.45, 7) is 0.111. The number of hydrogen-bond donors (Lipinski definition) is 1. The van der Waals surface area contributed by atoms with E-state index in [-0.39, 0.29) is 32.0 Å². The molecule has 0 saturated carbocycles. The summed E-state index contributed by atoms with van der Waals surface area (Å²) in [5.74, 6) is -1.80. The molecule has 1 atom stereocenters. The predicted molar refractivity (Wildman–Crippen MR) is 111 cm³/mol. The van der Waals surface area contributed by atoms with Crippen LogP contribution in [-0.4, -0.2) is 62.2 Å². The molecular formula is C22H23NO6S. The van der Waals surface area contributed by atoms with Crippen LogP contribution in [0.1, 0.15) is 23.5 Å². The molecule has 1 aliphatic carbocycles. The molecule has 4 rings (SSSR count). The lowest BCUT2D eigenvalue weighted by atomic mass is 9.90. The Morgan fingerprint density at radius 2 is 1.67 bits per heavy atom. The standard InChI is InChI=1S/C22H23NO6S/c1-30(27,28)14-22(20(24)25)10-11-23(13-22)21(26)29-12-19-17-8-4-2-6-15(17)16-7-3-5-9-18(16)19/h2-9,19H,10-14H2,1H3,(H,24,25). The van der Waals surface area contributed by atoms with E-state index in [4.69, 9.17) is 4.74 Å². The first-order valence-corrected chi connectivity index (χ1v) is 11.8. The maximum Gasteiger partial charge on any atom is 0.409 e. The van der Waals surface area contributed by atoms with Crippen molar-refractivity contribution in [2.24, 2.45) is 5.41 Å². The van der Waals surface area contributed by atoms with Gasteiger partial charge in [0.1, 0.15) is 21.9 Å². The quantitative estimate of drug-likeness (QED) is 0.784. The van der Waals surface area contributed by atoms with Crippen molar-refractivity contribution < 1.29 is 27.9 Å². The number of hydrogen-bond acceptors (Lipinski definition) is 5. The van der Waals surface area contributed by atoms with Crippen molar-refractivity contribution in [2.75, 3.05) is 31.7 Å². The van der Waals surface area contributed by atoms with Gasteiger partial charge < -0.3 is 14.7 Å². The zero-order valence-corrected chi connectivity index (χ0v) is 17.4. The van der Waals surface area contributed by atoms with Crippen LogP contribution < -0.4 is 0 Å². The van der Waals surface area contributed by atoms with Crippen LogP contribution >= 0.6 is 0 Å². The third kappa shape index (κ3) is 3.67. The third-order valence-corrected chi connectivity index (χ3v) is 7.02. The summed E-state index contributed by atoms with van der Waals surface area (Å²) < 4.78 is 29.0. The van der Waals surface area contributed by atoms with Crippen LogP contribution in [0.5, 0.6) is 0 Å². The first kappa shape index (κ1) is 20.4. The molecule has 2 aliphatic rings. The fourth-order valence-corrected chi connectivity index (χ4v) is 5.93. The molecule has 1 saturated heterocycles. The van der Waals surface area contributed by atoms with E-state index in [1.165, 1.54) is 4.90 Å². The molecule has 1 unspecified atom stereocenters. The van der Waals surface area contributed by atoms with Gasteiger partial charge in [-0.1, -0.05) is 48.5 Å². The van der Waals surface area contributed by atoms with E-state index in [1.807, 2.05) is 48.5 Å². The average molecular weight is 429 g/mol. The molecule has 30 heavy (non-hydrogen) atoms. The summed E-state index contributed by atoms with van der Waals surface area (Å²) in [6.07, 6.45) is 0.473. The van der Waals surface area contributed by atoms with E-state index in [1.54, 1.807) is 0 Å². The van der Waals surface area contributed by atoms with Gasteiger partial charge in [0.2, 0.25) is 0 Å². The average Bonchev–Trinajstić information content (AvgIpc) is 3.25. The van der Waals surface area contributed by atoms with Crippen LogP contribution in [-0.2, 0) is 19.4 Å². The minimum Gasteiger partial charge on any atom is -0.481 e. The molecule has 0 aromatic heterocycles. The summed E-state index contributed by atoms with van der Waals surface area (Å²) in [7, 11) is -3.51. The normalized spacial score (nSPS) is 20.6. The van der Waals surface area contributed by atoms with Crippen molar-refractivity contribution >= 4 is 21.9 Å². The van der Waals surface area contributed by atoms with Gasteiger partial charge in [-0.2, -0.15) is 0 Å². The Bertz CT molecular complexity index is 1070. The zero-order valence-electron chi connectivity index (χ0n) is 16.6. The number of likely N-dealkylation sites (tertiary alicyclic amines) is 1. The molecule has 0 bridgehead atoms. The van der Waals surface area contributed by atoms with Gasteiger partial charge in [0.25, 0.3) is 0 Å². The number of ether oxygens (including phenoxy) is 1. The van der Waals surface area contributed by atoms with Crippen LogP contribution in [0.2, 0.25) is 0 Å². The highest BCUT2D eigenvalue weighted by Crippen LogP contribution is 2.44. The first-order valence-electron chi connectivity index (χ1n) is 9.71. The summed E-state index contributed by atoms with van der Waals surface area (Å²) >= 11 is 0. The number of carbonyl (C=O) groups is 2. The second-order valence-corrected chi connectivity index (χ2v) is 10.3. The largest absolute Gasteiger partial charge is 0.481 e. The molecule has 0 radical (unpaired) electrons. The minimum atomic E-state index is -3.51. The molecule has 158 valence electrons. The van der Waals surface area contributed by atoms with E-state index in [9.17, 15) is 23.1 Å². The predicted octanol–water partition coefficient (Wildman–Crippen LogP) is 2.76. The number of fused-ring (bicyclic) bond motifs is 3. The third-order valence-electron chi connectivity index (χ3n) is 5.94. The van der Waals surface area contributed by atoms with Gasteiger partial charge in [-0.25, -0.2) is 13.2 Å². The van der Waals surface area contributed by atoms with Crippen LogP contribution in [0.25, 0.3) is 11.1 Å². The highest BCUT2D eigenvalue weighted by Gasteiger charge is 2.49. The van der Waals surface area contributed by atoms with Crippen LogP contribution in [0.3, 0.4) is 0 Å². The summed E-state index contributed by atoms with van der Waals surface area (Å²) in [5, 5.41) is 9.60. The van der Waals surface area contributed by atoms with Gasteiger partial charge in [0.05, 0.1) is 5.75 Å². The summed E-state index contributed by atoms with van der Waals surface area (Å²) in [6, 6.07) is 16.0. The Morgan fingerprint density at radius 3 is 2.20 bits per heavy atom. The van der Waals surface area contributed by atoms with Crippen molar-refractivity contribution in [1.29, 1.82) is 0 Å². The SMILES string of the molecule is CS(=O)(=O)CC1(C(=O)O)CCN(C(=O)OCC2c3ccccc3-c3ccccc32)C1. The van der Waals surface area contributed by atoms with E-state index in [0.29, 0.717) is 0 Å².